The first-order chi connectivity index (χ1) is 2.50. The van der Waals surface area contributed by atoms with E-state index in [9.17, 15) is 0 Å². The molecule has 2 nitrogen and oxygen atoms in total. The van der Waals surface area contributed by atoms with Gasteiger partial charge in [-0.05, 0) is 12.7 Å². The lowest BCUT2D eigenvalue weighted by Gasteiger charge is -1.76. The first-order valence-electron chi connectivity index (χ1n) is 2.08. The lowest BCUT2D eigenvalue weighted by Crippen LogP contribution is -1.80. The van der Waals surface area contributed by atoms with Crippen LogP contribution in [0.4, 0.5) is 0 Å². The van der Waals surface area contributed by atoms with Gasteiger partial charge in [0.05, 0.1) is 0 Å². The summed E-state index contributed by atoms with van der Waals surface area (Å²) in [5, 5.41) is 0. The molecule has 0 unspecified atom stereocenters. The van der Waals surface area contributed by atoms with Crippen molar-refractivity contribution in [3.63, 3.8) is 0 Å². The van der Waals surface area contributed by atoms with E-state index < -0.39 is 0 Å². The Hall–Kier alpha value is -0.0151. The molecule has 0 atom stereocenters. The monoisotopic (exact) mass is 88.1 g/mol. The largest absolute Gasteiger partial charge is 0.439 e. The third kappa shape index (κ3) is 1.43. The van der Waals surface area contributed by atoms with Gasteiger partial charge in [0.2, 0.25) is 0 Å². The second-order valence-electron chi connectivity index (χ2n) is 1.32. The molecule has 1 aliphatic heterocycles. The summed E-state index contributed by atoms with van der Waals surface area (Å²) < 4.78 is 4.94. The van der Waals surface area contributed by atoms with Gasteiger partial charge in [-0.3, -0.25) is 0 Å². The van der Waals surface area contributed by atoms with Crippen LogP contribution in [-0.4, -0.2) is 19.6 Å². The highest BCUT2D eigenvalue weighted by Crippen LogP contribution is 1.97. The first kappa shape index (κ1) is 5.98. The van der Waals surface area contributed by atoms with Crippen LogP contribution in [0, 0.1) is 0 Å². The van der Waals surface area contributed by atoms with Crippen molar-refractivity contribution in [1.82, 2.24) is 0 Å². The molecule has 0 saturated carbocycles. The average molecular weight is 87.9 g/mol. The fourth-order valence-corrected chi connectivity index (χ4v) is 0.510. The molecule has 0 bridgehead atoms. The summed E-state index contributed by atoms with van der Waals surface area (Å²) in [6.45, 7) is 1.00. The first-order valence-corrected chi connectivity index (χ1v) is 2.08. The summed E-state index contributed by atoms with van der Waals surface area (Å²) >= 11 is 0. The predicted octanol–water partition coefficient (Wildman–Crippen LogP) is -0.648. The Morgan fingerprint density at radius 2 is 2.33 bits per heavy atom. The van der Waals surface area contributed by atoms with Crippen LogP contribution in [0.2, 0.25) is 6.32 Å². The molecule has 0 aromatic heterocycles. The van der Waals surface area contributed by atoms with Gasteiger partial charge in [0.15, 0.2) is 0 Å². The van der Waals surface area contributed by atoms with Gasteiger partial charge in [-0.1, -0.05) is 0 Å². The summed E-state index contributed by atoms with van der Waals surface area (Å²) in [6.07, 6.45) is 2.56. The Labute approximate surface area is 38.1 Å². The summed E-state index contributed by atoms with van der Waals surface area (Å²) in [7, 11) is 1.00. The molecule has 0 spiro atoms. The van der Waals surface area contributed by atoms with Crippen LogP contribution in [0.15, 0.2) is 0 Å². The molecule has 1 heterocycles. The normalized spacial score (nSPS) is 18.7. The molecule has 1 saturated heterocycles. The van der Waals surface area contributed by atoms with Crippen LogP contribution in [-0.2, 0) is 4.65 Å². The highest BCUT2D eigenvalue weighted by molar-refractivity contribution is 6.27. The maximum Gasteiger partial charge on any atom is 0.274 e. The van der Waals surface area contributed by atoms with Crippen LogP contribution in [0.1, 0.15) is 6.42 Å². The second kappa shape index (κ2) is 3.19. The summed E-state index contributed by atoms with van der Waals surface area (Å²) in [5.41, 5.74) is 0. The molecule has 0 aliphatic carbocycles. The van der Waals surface area contributed by atoms with Crippen LogP contribution in [0.5, 0.6) is 0 Å². The van der Waals surface area contributed by atoms with Gasteiger partial charge in [0.1, 0.15) is 0 Å². The highest BCUT2D eigenvalue weighted by atomic mass is 16.4. The minimum atomic E-state index is 0. The molecular formula is C3H9BO2. The second-order valence-corrected chi connectivity index (χ2v) is 1.32. The number of rotatable bonds is 0. The van der Waals surface area contributed by atoms with Gasteiger partial charge < -0.3 is 10.1 Å². The molecule has 2 N–H and O–H groups in total. The van der Waals surface area contributed by atoms with E-state index in [4.69, 9.17) is 4.65 Å². The van der Waals surface area contributed by atoms with Crippen molar-refractivity contribution in [2.24, 2.45) is 0 Å². The topological polar surface area (TPSA) is 40.7 Å². The maximum atomic E-state index is 4.94. The van der Waals surface area contributed by atoms with E-state index in [0.717, 1.165) is 14.1 Å². The summed E-state index contributed by atoms with van der Waals surface area (Å²) in [6, 6.07) is 0. The van der Waals surface area contributed by atoms with Crippen LogP contribution in [0.25, 0.3) is 0 Å². The van der Waals surface area contributed by atoms with E-state index >= 15 is 0 Å². The quantitative estimate of drug-likeness (QED) is 0.363. The third-order valence-corrected chi connectivity index (χ3v) is 0.827. The van der Waals surface area contributed by atoms with Crippen molar-refractivity contribution in [2.45, 2.75) is 12.7 Å². The third-order valence-electron chi connectivity index (χ3n) is 0.827. The molecule has 6 heavy (non-hydrogen) atoms. The minimum absolute atomic E-state index is 0. The lowest BCUT2D eigenvalue weighted by molar-refractivity contribution is 0.374. The van der Waals surface area contributed by atoms with Crippen molar-refractivity contribution in [3.8, 4) is 0 Å². The van der Waals surface area contributed by atoms with Gasteiger partial charge in [-0.25, -0.2) is 0 Å². The van der Waals surface area contributed by atoms with Gasteiger partial charge in [0.25, 0.3) is 7.48 Å². The van der Waals surface area contributed by atoms with Crippen molar-refractivity contribution < 1.29 is 10.1 Å². The van der Waals surface area contributed by atoms with Crippen LogP contribution in [0.3, 0.4) is 0 Å². The fraction of sp³-hybridized carbons (Fsp3) is 1.00. The maximum absolute atomic E-state index is 4.94. The van der Waals surface area contributed by atoms with E-state index in [1.807, 2.05) is 0 Å². The van der Waals surface area contributed by atoms with Crippen molar-refractivity contribution >= 4 is 7.48 Å². The van der Waals surface area contributed by atoms with Crippen LogP contribution < -0.4 is 0 Å². The molecule has 1 rings (SSSR count). The Kier molecular flexibility index (Phi) is 3.18. The summed E-state index contributed by atoms with van der Waals surface area (Å²) in [4.78, 5) is 0. The van der Waals surface area contributed by atoms with Gasteiger partial charge in [0, 0.05) is 6.61 Å². The van der Waals surface area contributed by atoms with E-state index in [1.165, 1.54) is 12.7 Å². The molecular weight excluding hydrogens is 78.8 g/mol. The zero-order valence-corrected chi connectivity index (χ0v) is 3.74. The molecule has 1 fully saturated rings. The predicted molar refractivity (Wildman–Crippen MR) is 26.1 cm³/mol. The fourth-order valence-electron chi connectivity index (χ4n) is 0.510. The van der Waals surface area contributed by atoms with Crippen LogP contribution >= 0.6 is 0 Å². The number of hydrogen-bond acceptors (Lipinski definition) is 1. The lowest BCUT2D eigenvalue weighted by atomic mass is 9.98. The number of hydrogen-bond donors (Lipinski definition) is 0. The molecule has 0 aromatic rings. The van der Waals surface area contributed by atoms with E-state index in [0.29, 0.717) is 0 Å². The highest BCUT2D eigenvalue weighted by Gasteiger charge is 1.98. The Balaban J connectivity index is 0.000000250. The van der Waals surface area contributed by atoms with Gasteiger partial charge >= 0.3 is 0 Å². The standard InChI is InChI=1S/C3H7BO.H2O/c1-2-4-5-3-1;/h4H,1-3H2;1H2. The van der Waals surface area contributed by atoms with Crippen molar-refractivity contribution in [1.29, 1.82) is 0 Å². The molecule has 0 amide bonds. The van der Waals surface area contributed by atoms with Crippen molar-refractivity contribution in [2.75, 3.05) is 6.61 Å². The zero-order chi connectivity index (χ0) is 3.54. The van der Waals surface area contributed by atoms with E-state index in [1.54, 1.807) is 0 Å². The van der Waals surface area contributed by atoms with E-state index in [2.05, 4.69) is 0 Å². The Bertz CT molecular complexity index is 20.4. The molecule has 0 radical (unpaired) electrons. The molecule has 3 heteroatoms. The molecule has 0 aromatic carbocycles. The smallest absolute Gasteiger partial charge is 0.274 e. The SMILES string of the molecule is B1CCCO1.O. The van der Waals surface area contributed by atoms with Crippen molar-refractivity contribution in [3.05, 3.63) is 0 Å². The molecule has 1 aliphatic rings. The van der Waals surface area contributed by atoms with Gasteiger partial charge in [-0.2, -0.15) is 0 Å². The summed E-state index contributed by atoms with van der Waals surface area (Å²) in [5.74, 6) is 0. The zero-order valence-electron chi connectivity index (χ0n) is 3.74. The van der Waals surface area contributed by atoms with E-state index in [-0.39, 0.29) is 5.48 Å². The van der Waals surface area contributed by atoms with Gasteiger partial charge in [-0.15, -0.1) is 0 Å². The molecule has 36 valence electrons. The Morgan fingerprint density at radius 3 is 2.50 bits per heavy atom. The minimum Gasteiger partial charge on any atom is -0.439 e. The Morgan fingerprint density at radius 1 is 1.50 bits per heavy atom. The average Bonchev–Trinajstić information content (AvgIpc) is 1.76.